The Bertz CT molecular complexity index is 484. The Morgan fingerprint density at radius 1 is 1.31 bits per heavy atom. The van der Waals surface area contributed by atoms with E-state index in [2.05, 4.69) is 4.98 Å². The maximum Gasteiger partial charge on any atom is 0.0735 e. The van der Waals surface area contributed by atoms with Gasteiger partial charge in [-0.2, -0.15) is 0 Å². The average Bonchev–Trinajstić information content (AvgIpc) is 2.36. The largest absolute Gasteiger partial charge is 0.380 e. The maximum atomic E-state index is 6.09. The number of fused-ring (bicyclic) bond motifs is 1. The van der Waals surface area contributed by atoms with E-state index in [-0.39, 0.29) is 12.1 Å². The molecule has 2 aromatic rings. The first-order valence-electron chi connectivity index (χ1n) is 5.35. The molecule has 2 unspecified atom stereocenters. The molecular formula is C13H16N2O. The van der Waals surface area contributed by atoms with Crippen LogP contribution in [0.25, 0.3) is 10.9 Å². The van der Waals surface area contributed by atoms with Crippen molar-refractivity contribution in [1.82, 2.24) is 4.98 Å². The molecule has 84 valence electrons. The number of pyridine rings is 1. The van der Waals surface area contributed by atoms with Crippen LogP contribution >= 0.6 is 0 Å². The lowest BCUT2D eigenvalue weighted by Crippen LogP contribution is -2.25. The number of hydrogen-bond acceptors (Lipinski definition) is 3. The van der Waals surface area contributed by atoms with Gasteiger partial charge in [-0.05, 0) is 24.6 Å². The third-order valence-electron chi connectivity index (χ3n) is 2.89. The van der Waals surface area contributed by atoms with Gasteiger partial charge in [0.2, 0.25) is 0 Å². The van der Waals surface area contributed by atoms with Crippen LogP contribution in [0.1, 0.15) is 18.5 Å². The molecule has 1 aromatic heterocycles. The molecule has 16 heavy (non-hydrogen) atoms. The van der Waals surface area contributed by atoms with Crippen LogP contribution in [0.2, 0.25) is 0 Å². The summed E-state index contributed by atoms with van der Waals surface area (Å²) in [5.74, 6) is 0. The highest BCUT2D eigenvalue weighted by molar-refractivity contribution is 5.78. The fourth-order valence-corrected chi connectivity index (χ4v) is 1.71. The van der Waals surface area contributed by atoms with Crippen molar-refractivity contribution in [3.8, 4) is 0 Å². The van der Waals surface area contributed by atoms with Gasteiger partial charge in [0.15, 0.2) is 0 Å². The van der Waals surface area contributed by atoms with Crippen molar-refractivity contribution in [3.63, 3.8) is 0 Å². The molecule has 0 aliphatic rings. The van der Waals surface area contributed by atoms with Crippen molar-refractivity contribution < 1.29 is 4.74 Å². The van der Waals surface area contributed by atoms with Gasteiger partial charge in [-0.25, -0.2) is 0 Å². The summed E-state index contributed by atoms with van der Waals surface area (Å²) in [6.07, 6.45) is 1.79. The van der Waals surface area contributed by atoms with Gasteiger partial charge in [0.25, 0.3) is 0 Å². The van der Waals surface area contributed by atoms with Crippen molar-refractivity contribution in [2.45, 2.75) is 19.1 Å². The van der Waals surface area contributed by atoms with E-state index >= 15 is 0 Å². The second kappa shape index (κ2) is 4.60. The second-order valence-electron chi connectivity index (χ2n) is 3.92. The molecule has 0 amide bonds. The van der Waals surface area contributed by atoms with E-state index in [4.69, 9.17) is 10.5 Å². The summed E-state index contributed by atoms with van der Waals surface area (Å²) in [6, 6.07) is 9.95. The first-order chi connectivity index (χ1) is 7.72. The van der Waals surface area contributed by atoms with Crippen LogP contribution in [-0.4, -0.2) is 18.2 Å². The predicted molar refractivity (Wildman–Crippen MR) is 65.1 cm³/mol. The number of methoxy groups -OCH3 is 1. The minimum absolute atomic E-state index is 0.00108. The lowest BCUT2D eigenvalue weighted by molar-refractivity contribution is 0.0957. The summed E-state index contributed by atoms with van der Waals surface area (Å²) in [7, 11) is 1.67. The van der Waals surface area contributed by atoms with Crippen LogP contribution in [0.4, 0.5) is 0 Å². The topological polar surface area (TPSA) is 48.1 Å². The quantitative estimate of drug-likeness (QED) is 0.856. The van der Waals surface area contributed by atoms with Crippen molar-refractivity contribution >= 4 is 10.9 Å². The standard InChI is InChI=1S/C13H16N2O/c1-9(16-2)13(14)11-6-5-10-4-3-7-15-12(10)8-11/h3-9,13H,14H2,1-2H3. The highest BCUT2D eigenvalue weighted by Gasteiger charge is 2.14. The first kappa shape index (κ1) is 11.0. The summed E-state index contributed by atoms with van der Waals surface area (Å²) in [6.45, 7) is 1.97. The lowest BCUT2D eigenvalue weighted by atomic mass is 10.0. The van der Waals surface area contributed by atoms with Crippen molar-refractivity contribution in [2.24, 2.45) is 5.73 Å². The Morgan fingerprint density at radius 3 is 2.88 bits per heavy atom. The Labute approximate surface area is 95.2 Å². The fourth-order valence-electron chi connectivity index (χ4n) is 1.71. The summed E-state index contributed by atoms with van der Waals surface area (Å²) in [4.78, 5) is 4.31. The molecule has 0 saturated carbocycles. The number of hydrogen-bond donors (Lipinski definition) is 1. The number of aromatic nitrogens is 1. The molecule has 3 nitrogen and oxygen atoms in total. The number of rotatable bonds is 3. The zero-order chi connectivity index (χ0) is 11.5. The van der Waals surface area contributed by atoms with Crippen LogP contribution in [0, 0.1) is 0 Å². The van der Waals surface area contributed by atoms with Crippen molar-refractivity contribution in [2.75, 3.05) is 7.11 Å². The second-order valence-corrected chi connectivity index (χ2v) is 3.92. The van der Waals surface area contributed by atoms with E-state index in [1.54, 1.807) is 13.3 Å². The van der Waals surface area contributed by atoms with Gasteiger partial charge in [-0.1, -0.05) is 18.2 Å². The summed E-state index contributed by atoms with van der Waals surface area (Å²) >= 11 is 0. The third-order valence-corrected chi connectivity index (χ3v) is 2.89. The Balaban J connectivity index is 2.39. The monoisotopic (exact) mass is 216 g/mol. The number of nitrogens with zero attached hydrogens (tertiary/aromatic N) is 1. The first-order valence-corrected chi connectivity index (χ1v) is 5.35. The van der Waals surface area contributed by atoms with Gasteiger partial charge in [0.1, 0.15) is 0 Å². The molecule has 0 aliphatic heterocycles. The SMILES string of the molecule is COC(C)C(N)c1ccc2cccnc2c1. The average molecular weight is 216 g/mol. The van der Waals surface area contributed by atoms with Crippen molar-refractivity contribution in [3.05, 3.63) is 42.1 Å². The molecule has 2 atom stereocenters. The van der Waals surface area contributed by atoms with Gasteiger partial charge in [0, 0.05) is 18.7 Å². The van der Waals surface area contributed by atoms with Gasteiger partial charge in [-0.15, -0.1) is 0 Å². The zero-order valence-electron chi connectivity index (χ0n) is 9.55. The van der Waals surface area contributed by atoms with Gasteiger partial charge in [0.05, 0.1) is 17.7 Å². The van der Waals surface area contributed by atoms with Crippen LogP contribution in [0.3, 0.4) is 0 Å². The predicted octanol–water partition coefficient (Wildman–Crippen LogP) is 2.27. The van der Waals surface area contributed by atoms with Crippen LogP contribution in [0.5, 0.6) is 0 Å². The molecular weight excluding hydrogens is 200 g/mol. The zero-order valence-corrected chi connectivity index (χ0v) is 9.55. The Morgan fingerprint density at radius 2 is 2.12 bits per heavy atom. The van der Waals surface area contributed by atoms with Gasteiger partial charge in [-0.3, -0.25) is 4.98 Å². The molecule has 0 saturated heterocycles. The van der Waals surface area contributed by atoms with E-state index in [9.17, 15) is 0 Å². The van der Waals surface area contributed by atoms with Crippen LogP contribution < -0.4 is 5.73 Å². The molecule has 1 heterocycles. The molecule has 0 bridgehead atoms. The molecule has 2 rings (SSSR count). The molecule has 3 heteroatoms. The van der Waals surface area contributed by atoms with E-state index in [1.807, 2.05) is 37.3 Å². The van der Waals surface area contributed by atoms with E-state index in [1.165, 1.54) is 0 Å². The van der Waals surface area contributed by atoms with Crippen LogP contribution in [0.15, 0.2) is 36.5 Å². The molecule has 1 aromatic carbocycles. The van der Waals surface area contributed by atoms with Gasteiger partial charge < -0.3 is 10.5 Å². The van der Waals surface area contributed by atoms with Gasteiger partial charge >= 0.3 is 0 Å². The van der Waals surface area contributed by atoms with E-state index in [0.717, 1.165) is 16.5 Å². The highest BCUT2D eigenvalue weighted by atomic mass is 16.5. The number of nitrogens with two attached hydrogens (primary N) is 1. The molecule has 2 N–H and O–H groups in total. The minimum atomic E-state index is -0.114. The van der Waals surface area contributed by atoms with E-state index in [0.29, 0.717) is 0 Å². The smallest absolute Gasteiger partial charge is 0.0735 e. The Kier molecular flexibility index (Phi) is 3.17. The maximum absolute atomic E-state index is 6.09. The normalized spacial score (nSPS) is 14.9. The summed E-state index contributed by atoms with van der Waals surface area (Å²) in [5, 5.41) is 1.13. The third kappa shape index (κ3) is 2.05. The fraction of sp³-hybridized carbons (Fsp3) is 0.308. The molecule has 0 aliphatic carbocycles. The highest BCUT2D eigenvalue weighted by Crippen LogP contribution is 2.20. The van der Waals surface area contributed by atoms with E-state index < -0.39 is 0 Å². The minimum Gasteiger partial charge on any atom is -0.380 e. The molecule has 0 fully saturated rings. The lowest BCUT2D eigenvalue weighted by Gasteiger charge is -2.18. The van der Waals surface area contributed by atoms with Crippen LogP contribution in [-0.2, 0) is 4.74 Å². The summed E-state index contributed by atoms with van der Waals surface area (Å²) < 4.78 is 5.23. The number of ether oxygens (including phenoxy) is 1. The molecule has 0 radical (unpaired) electrons. The van der Waals surface area contributed by atoms with Crippen molar-refractivity contribution in [1.29, 1.82) is 0 Å². The molecule has 0 spiro atoms. The number of benzene rings is 1. The Hall–Kier alpha value is -1.45. The summed E-state index contributed by atoms with van der Waals surface area (Å²) in [5.41, 5.74) is 8.11.